The number of allylic oxidation sites excluding steroid dienone is 1. The molecule has 0 saturated heterocycles. The summed E-state index contributed by atoms with van der Waals surface area (Å²) in [7, 11) is 0. The molecular weight excluding hydrogens is 642 g/mol. The van der Waals surface area contributed by atoms with Crippen LogP contribution in [0.2, 0.25) is 0 Å². The van der Waals surface area contributed by atoms with Crippen molar-refractivity contribution >= 4 is 28.6 Å². The summed E-state index contributed by atoms with van der Waals surface area (Å²) >= 11 is 0. The third-order valence-electron chi connectivity index (χ3n) is 9.11. The van der Waals surface area contributed by atoms with E-state index in [-0.39, 0.29) is 49.3 Å². The summed E-state index contributed by atoms with van der Waals surface area (Å²) in [4.78, 5) is 43.5. The number of rotatable bonds is 15. The van der Waals surface area contributed by atoms with Crippen molar-refractivity contribution in [3.05, 3.63) is 82.4 Å². The van der Waals surface area contributed by atoms with Crippen molar-refractivity contribution in [3.63, 3.8) is 0 Å². The first-order valence-electron chi connectivity index (χ1n) is 16.7. The fraction of sp³-hybridized carbons (Fsp3) is 0.472. The predicted molar refractivity (Wildman–Crippen MR) is 179 cm³/mol. The molecule has 3 atom stereocenters. The second kappa shape index (κ2) is 16.3. The number of aromatic nitrogens is 1. The molecule has 1 unspecified atom stereocenters. The van der Waals surface area contributed by atoms with E-state index in [2.05, 4.69) is 26.3 Å². The van der Waals surface area contributed by atoms with Gasteiger partial charge in [-0.1, -0.05) is 63.6 Å². The van der Waals surface area contributed by atoms with Crippen molar-refractivity contribution in [2.75, 3.05) is 19.7 Å². The Balaban J connectivity index is 1.66. The van der Waals surface area contributed by atoms with Crippen molar-refractivity contribution < 1.29 is 37.1 Å². The molecule has 9 nitrogen and oxygen atoms in total. The summed E-state index contributed by atoms with van der Waals surface area (Å²) in [5, 5.41) is 21.4. The fourth-order valence-corrected chi connectivity index (χ4v) is 6.31. The molecule has 13 heteroatoms. The summed E-state index contributed by atoms with van der Waals surface area (Å²) in [6.07, 6.45) is -0.920. The second-order valence-electron chi connectivity index (χ2n) is 12.6. The molecule has 0 bridgehead atoms. The van der Waals surface area contributed by atoms with Gasteiger partial charge >= 0.3 is 6.18 Å². The molecule has 3 amide bonds. The number of aliphatic hydroxyl groups is 1. The largest absolute Gasteiger partial charge is 0.418 e. The molecule has 0 radical (unpaired) electrons. The third kappa shape index (κ3) is 9.00. The molecule has 4 rings (SSSR count). The molecule has 1 aliphatic carbocycles. The van der Waals surface area contributed by atoms with Crippen LogP contribution in [0.1, 0.15) is 68.8 Å². The number of alkyl halides is 3. The van der Waals surface area contributed by atoms with E-state index in [9.17, 15) is 37.1 Å². The van der Waals surface area contributed by atoms with Crippen molar-refractivity contribution in [1.29, 1.82) is 0 Å². The molecule has 6 N–H and O–H groups in total. The Morgan fingerprint density at radius 1 is 1.06 bits per heavy atom. The number of H-pyrrole nitrogens is 1. The van der Waals surface area contributed by atoms with Crippen LogP contribution in [0.15, 0.2) is 54.2 Å². The maximum atomic E-state index is 14.5. The van der Waals surface area contributed by atoms with Crippen LogP contribution in [0.5, 0.6) is 0 Å². The van der Waals surface area contributed by atoms with E-state index in [4.69, 9.17) is 0 Å². The molecule has 0 saturated carbocycles. The molecular formula is C36H45F4N5O4. The number of halogens is 4. The Bertz CT molecular complexity index is 1670. The molecule has 1 heterocycles. The summed E-state index contributed by atoms with van der Waals surface area (Å²) in [5.74, 6) is -2.39. The lowest BCUT2D eigenvalue weighted by molar-refractivity contribution is -0.136. The highest BCUT2D eigenvalue weighted by Gasteiger charge is 2.46. The molecule has 0 aliphatic heterocycles. The zero-order chi connectivity index (χ0) is 35.8. The number of aryl methyl sites for hydroxylation is 1. The van der Waals surface area contributed by atoms with Crippen LogP contribution in [-0.2, 0) is 39.8 Å². The number of fused-ring (bicyclic) bond motifs is 3. The van der Waals surface area contributed by atoms with Crippen LogP contribution >= 0.6 is 0 Å². The van der Waals surface area contributed by atoms with Crippen molar-refractivity contribution in [1.82, 2.24) is 26.3 Å². The molecule has 0 spiro atoms. The average molecular weight is 688 g/mol. The van der Waals surface area contributed by atoms with Gasteiger partial charge in [0, 0.05) is 36.3 Å². The second-order valence-corrected chi connectivity index (χ2v) is 12.6. The Hall–Kier alpha value is -4.39. The lowest BCUT2D eigenvalue weighted by Gasteiger charge is -2.39. The highest BCUT2D eigenvalue weighted by Crippen LogP contribution is 2.40. The molecule has 1 aliphatic rings. The van der Waals surface area contributed by atoms with E-state index in [0.29, 0.717) is 42.5 Å². The summed E-state index contributed by atoms with van der Waals surface area (Å²) in [6.45, 7) is 5.89. The number of benzene rings is 2. The summed E-state index contributed by atoms with van der Waals surface area (Å²) in [6, 6.07) is 9.17. The smallest absolute Gasteiger partial charge is 0.396 e. The van der Waals surface area contributed by atoms with Gasteiger partial charge in [0.25, 0.3) is 0 Å². The number of para-hydroxylation sites is 1. The molecule has 49 heavy (non-hydrogen) atoms. The number of amides is 3. The minimum absolute atomic E-state index is 0.0122. The first-order valence-corrected chi connectivity index (χ1v) is 16.7. The molecule has 2 aromatic carbocycles. The number of carbonyl (C=O) groups is 3. The van der Waals surface area contributed by atoms with Gasteiger partial charge < -0.3 is 31.4 Å². The van der Waals surface area contributed by atoms with Gasteiger partial charge in [0.2, 0.25) is 17.7 Å². The number of hydrogen-bond donors (Lipinski definition) is 6. The van der Waals surface area contributed by atoms with Crippen LogP contribution in [0.4, 0.5) is 17.6 Å². The van der Waals surface area contributed by atoms with Gasteiger partial charge in [-0.3, -0.25) is 14.4 Å². The van der Waals surface area contributed by atoms with Crippen LogP contribution in [0.3, 0.4) is 0 Å². The number of hydrogen-bond acceptors (Lipinski definition) is 5. The lowest BCUT2D eigenvalue weighted by atomic mass is 9.78. The summed E-state index contributed by atoms with van der Waals surface area (Å²) < 4.78 is 55.9. The van der Waals surface area contributed by atoms with Crippen molar-refractivity contribution in [2.24, 2.45) is 5.92 Å². The Morgan fingerprint density at radius 3 is 2.49 bits per heavy atom. The van der Waals surface area contributed by atoms with Gasteiger partial charge in [-0.15, -0.1) is 0 Å². The first-order chi connectivity index (χ1) is 23.3. The van der Waals surface area contributed by atoms with E-state index in [1.54, 1.807) is 12.1 Å². The zero-order valence-corrected chi connectivity index (χ0v) is 28.0. The third-order valence-corrected chi connectivity index (χ3v) is 9.11. The normalized spacial score (nSPS) is 17.6. The van der Waals surface area contributed by atoms with Crippen LogP contribution < -0.4 is 21.3 Å². The molecule has 1 aromatic heterocycles. The number of aliphatic hydroxyl groups excluding tert-OH is 1. The molecule has 0 fully saturated rings. The number of aromatic amines is 1. The van der Waals surface area contributed by atoms with E-state index in [1.165, 1.54) is 24.3 Å². The maximum absolute atomic E-state index is 14.5. The molecule has 3 aromatic rings. The Labute approximate surface area is 283 Å². The van der Waals surface area contributed by atoms with Crippen LogP contribution in [0, 0.1) is 11.7 Å². The number of nitrogens with one attached hydrogen (secondary N) is 5. The minimum Gasteiger partial charge on any atom is -0.396 e. The SMILES string of the molecule is CC/C=C(/NCCCO)[C@@H](NC(=O)[C@@]1(NC(=O)CNC(=O)Cc2ccccc2F)CCc2[nH]c3c(C(F)(F)F)cccc3c2C1)C(C)CC. The maximum Gasteiger partial charge on any atom is 0.418 e. The van der Waals surface area contributed by atoms with E-state index in [0.717, 1.165) is 11.8 Å². The van der Waals surface area contributed by atoms with E-state index >= 15 is 0 Å². The van der Waals surface area contributed by atoms with Crippen molar-refractivity contribution in [2.45, 2.75) is 83.5 Å². The quantitative estimate of drug-likeness (QED) is 0.101. The lowest BCUT2D eigenvalue weighted by Crippen LogP contribution is -2.64. The predicted octanol–water partition coefficient (Wildman–Crippen LogP) is 4.83. The van der Waals surface area contributed by atoms with Crippen LogP contribution in [0.25, 0.3) is 10.9 Å². The zero-order valence-electron chi connectivity index (χ0n) is 28.0. The van der Waals surface area contributed by atoms with Gasteiger partial charge in [-0.25, -0.2) is 4.39 Å². The van der Waals surface area contributed by atoms with Crippen molar-refractivity contribution in [3.8, 4) is 0 Å². The standard InChI is InChI=1S/C36H45F4N5O4/c1-4-10-29(41-17-9-18-46)32(22(3)5-2)44-34(49)35(45-31(48)21-42-30(47)19-23-11-6-7-14-27(23)37)16-15-28-25(20-35)24-12-8-13-26(33(24)43-28)36(38,39)40/h6-8,10-14,22,32,41,43,46H,4-5,9,15-21H2,1-3H3,(H,42,47)(H,44,49)(H,45,48)/b29-10+/t22?,32-,35+/m0/s1. The van der Waals surface area contributed by atoms with Gasteiger partial charge in [0.05, 0.1) is 30.1 Å². The molecule has 266 valence electrons. The van der Waals surface area contributed by atoms with Gasteiger partial charge in [-0.05, 0) is 54.9 Å². The highest BCUT2D eigenvalue weighted by molar-refractivity contribution is 5.96. The van der Waals surface area contributed by atoms with Crippen LogP contribution in [-0.4, -0.2) is 59.1 Å². The van der Waals surface area contributed by atoms with Gasteiger partial charge in [-0.2, -0.15) is 13.2 Å². The van der Waals surface area contributed by atoms with E-state index in [1.807, 2.05) is 26.8 Å². The Kier molecular flexibility index (Phi) is 12.5. The highest BCUT2D eigenvalue weighted by atomic mass is 19.4. The van der Waals surface area contributed by atoms with Gasteiger partial charge in [0.1, 0.15) is 11.4 Å². The topological polar surface area (TPSA) is 135 Å². The monoisotopic (exact) mass is 687 g/mol. The first kappa shape index (κ1) is 37.4. The average Bonchev–Trinajstić information content (AvgIpc) is 3.44. The number of carbonyl (C=O) groups excluding carboxylic acids is 3. The Morgan fingerprint density at radius 2 is 1.82 bits per heavy atom. The summed E-state index contributed by atoms with van der Waals surface area (Å²) in [5.41, 5.74) is -0.502. The minimum atomic E-state index is -4.61. The van der Waals surface area contributed by atoms with Gasteiger partial charge in [0.15, 0.2) is 0 Å². The fourth-order valence-electron chi connectivity index (χ4n) is 6.31. The van der Waals surface area contributed by atoms with E-state index < -0.39 is 53.4 Å².